The van der Waals surface area contributed by atoms with Crippen molar-refractivity contribution in [1.29, 1.82) is 0 Å². The monoisotopic (exact) mass is 294 g/mol. The Balaban J connectivity index is 2.27. The zero-order valence-corrected chi connectivity index (χ0v) is 12.3. The fourth-order valence-electron chi connectivity index (χ4n) is 2.16. The van der Waals surface area contributed by atoms with Crippen molar-refractivity contribution in [3.8, 4) is 0 Å². The van der Waals surface area contributed by atoms with Crippen LogP contribution in [0.25, 0.3) is 0 Å². The third kappa shape index (κ3) is 3.08. The molecule has 2 rings (SSSR count). The molecule has 0 saturated carbocycles. The number of nitrogens with one attached hydrogen (secondary N) is 2. The molecule has 5 nitrogen and oxygen atoms in total. The van der Waals surface area contributed by atoms with Crippen molar-refractivity contribution in [3.05, 3.63) is 28.7 Å². The molecule has 108 valence electrons. The highest BCUT2D eigenvalue weighted by atomic mass is 32.1. The molecular weight excluding hydrogens is 276 g/mol. The summed E-state index contributed by atoms with van der Waals surface area (Å²) in [7, 11) is 1.36. The number of allylic oxidation sites excluding steroid dienone is 1. The minimum Gasteiger partial charge on any atom is -0.465 e. The lowest BCUT2D eigenvalue weighted by molar-refractivity contribution is -0.116. The van der Waals surface area contributed by atoms with Crippen molar-refractivity contribution in [2.75, 3.05) is 19.0 Å². The van der Waals surface area contributed by atoms with E-state index in [1.54, 1.807) is 6.08 Å². The molecule has 1 aliphatic heterocycles. The summed E-state index contributed by atoms with van der Waals surface area (Å²) < 4.78 is 4.84. The summed E-state index contributed by atoms with van der Waals surface area (Å²) in [5.74, 6) is -0.495. The standard InChI is InChI=1S/C14H18N2O3S/c1-3-4-5-11(17)16-13-12(14(18)19-2)9-6-7-15-8-10(9)20-13/h3,15H,1,4-8H2,2H3,(H,16,17). The normalized spacial score (nSPS) is 13.4. The van der Waals surface area contributed by atoms with Gasteiger partial charge in [0.25, 0.3) is 0 Å². The van der Waals surface area contributed by atoms with E-state index < -0.39 is 0 Å². The van der Waals surface area contributed by atoms with Gasteiger partial charge in [0.15, 0.2) is 0 Å². The molecule has 0 fully saturated rings. The average Bonchev–Trinajstić information content (AvgIpc) is 2.82. The summed E-state index contributed by atoms with van der Waals surface area (Å²) in [6.45, 7) is 5.15. The molecule has 20 heavy (non-hydrogen) atoms. The van der Waals surface area contributed by atoms with E-state index >= 15 is 0 Å². The number of carbonyl (C=O) groups excluding carboxylic acids is 2. The van der Waals surface area contributed by atoms with E-state index in [9.17, 15) is 9.59 Å². The third-order valence-corrected chi connectivity index (χ3v) is 4.29. The average molecular weight is 294 g/mol. The van der Waals surface area contributed by atoms with Gasteiger partial charge in [-0.3, -0.25) is 4.79 Å². The van der Waals surface area contributed by atoms with Crippen LogP contribution >= 0.6 is 11.3 Å². The number of ether oxygens (including phenoxy) is 1. The zero-order chi connectivity index (χ0) is 14.5. The second-order valence-electron chi connectivity index (χ2n) is 4.50. The summed E-state index contributed by atoms with van der Waals surface area (Å²) in [6.07, 6.45) is 3.46. The lowest BCUT2D eigenvalue weighted by Gasteiger charge is -2.13. The fraction of sp³-hybridized carbons (Fsp3) is 0.429. The highest BCUT2D eigenvalue weighted by molar-refractivity contribution is 7.17. The molecule has 0 bridgehead atoms. The molecule has 0 radical (unpaired) electrons. The first kappa shape index (κ1) is 14.7. The van der Waals surface area contributed by atoms with Gasteiger partial charge in [-0.1, -0.05) is 6.08 Å². The number of carbonyl (C=O) groups is 2. The summed E-state index contributed by atoms with van der Waals surface area (Å²) >= 11 is 1.45. The van der Waals surface area contributed by atoms with Crippen LogP contribution in [-0.2, 0) is 22.5 Å². The van der Waals surface area contributed by atoms with Gasteiger partial charge in [-0.15, -0.1) is 17.9 Å². The minimum absolute atomic E-state index is 0.110. The van der Waals surface area contributed by atoms with Crippen LogP contribution < -0.4 is 10.6 Å². The number of anilines is 1. The molecule has 0 spiro atoms. The molecular formula is C14H18N2O3S. The van der Waals surface area contributed by atoms with Crippen LogP contribution in [0, 0.1) is 0 Å². The number of fused-ring (bicyclic) bond motifs is 1. The number of hydrogen-bond acceptors (Lipinski definition) is 5. The van der Waals surface area contributed by atoms with Crippen molar-refractivity contribution < 1.29 is 14.3 Å². The van der Waals surface area contributed by atoms with Crippen LogP contribution in [-0.4, -0.2) is 25.5 Å². The first-order valence-corrected chi connectivity index (χ1v) is 7.33. The Bertz CT molecular complexity index is 537. The molecule has 0 unspecified atom stereocenters. The highest BCUT2D eigenvalue weighted by Gasteiger charge is 2.26. The molecule has 2 N–H and O–H groups in total. The van der Waals surface area contributed by atoms with Crippen LogP contribution in [0.3, 0.4) is 0 Å². The number of hydrogen-bond donors (Lipinski definition) is 2. The van der Waals surface area contributed by atoms with Gasteiger partial charge in [-0.05, 0) is 24.9 Å². The number of rotatable bonds is 5. The van der Waals surface area contributed by atoms with E-state index in [0.29, 0.717) is 23.4 Å². The van der Waals surface area contributed by atoms with Gasteiger partial charge in [-0.2, -0.15) is 0 Å². The number of thiophene rings is 1. The van der Waals surface area contributed by atoms with Crippen molar-refractivity contribution in [3.63, 3.8) is 0 Å². The third-order valence-electron chi connectivity index (χ3n) is 3.15. The van der Waals surface area contributed by atoms with Gasteiger partial charge in [-0.25, -0.2) is 4.79 Å². The summed E-state index contributed by atoms with van der Waals surface area (Å²) in [6, 6.07) is 0. The minimum atomic E-state index is -0.386. The zero-order valence-electron chi connectivity index (χ0n) is 11.5. The number of esters is 1. The molecule has 1 amide bonds. The van der Waals surface area contributed by atoms with Crippen molar-refractivity contribution in [2.45, 2.75) is 25.8 Å². The van der Waals surface area contributed by atoms with E-state index in [-0.39, 0.29) is 11.9 Å². The van der Waals surface area contributed by atoms with Gasteiger partial charge < -0.3 is 15.4 Å². The van der Waals surface area contributed by atoms with Crippen molar-refractivity contribution in [2.24, 2.45) is 0 Å². The Labute approximate surface area is 122 Å². The predicted molar refractivity (Wildman–Crippen MR) is 79.1 cm³/mol. The van der Waals surface area contributed by atoms with Gasteiger partial charge in [0.05, 0.1) is 12.7 Å². The fourth-order valence-corrected chi connectivity index (χ4v) is 3.38. The Morgan fingerprint density at radius 1 is 1.55 bits per heavy atom. The predicted octanol–water partition coefficient (Wildman–Crippen LogP) is 2.09. The molecule has 2 heterocycles. The maximum atomic E-state index is 12.0. The van der Waals surface area contributed by atoms with Crippen LogP contribution in [0.4, 0.5) is 5.00 Å². The first-order chi connectivity index (χ1) is 9.67. The number of methoxy groups -OCH3 is 1. The first-order valence-electron chi connectivity index (χ1n) is 6.51. The van der Waals surface area contributed by atoms with E-state index in [1.807, 2.05) is 0 Å². The van der Waals surface area contributed by atoms with Crippen LogP contribution in [0.5, 0.6) is 0 Å². The molecule has 0 atom stereocenters. The SMILES string of the molecule is C=CCCC(=O)Nc1sc2c(c1C(=O)OC)CCNC2. The van der Waals surface area contributed by atoms with Crippen molar-refractivity contribution >= 4 is 28.2 Å². The van der Waals surface area contributed by atoms with E-state index in [2.05, 4.69) is 17.2 Å². The number of amides is 1. The van der Waals surface area contributed by atoms with E-state index in [1.165, 1.54) is 18.4 Å². The Kier molecular flexibility index (Phi) is 4.92. The second-order valence-corrected chi connectivity index (χ2v) is 5.61. The Hall–Kier alpha value is -1.66. The molecule has 1 aromatic heterocycles. The molecule has 1 aromatic rings. The molecule has 0 aliphatic carbocycles. The largest absolute Gasteiger partial charge is 0.465 e. The summed E-state index contributed by atoms with van der Waals surface area (Å²) in [4.78, 5) is 24.9. The molecule has 6 heteroatoms. The van der Waals surface area contributed by atoms with Gasteiger partial charge in [0.2, 0.25) is 5.91 Å². The quantitative estimate of drug-likeness (QED) is 0.644. The van der Waals surface area contributed by atoms with Crippen LogP contribution in [0.2, 0.25) is 0 Å². The van der Waals surface area contributed by atoms with Gasteiger partial charge >= 0.3 is 5.97 Å². The lowest BCUT2D eigenvalue weighted by atomic mass is 10.0. The van der Waals surface area contributed by atoms with Crippen LogP contribution in [0.1, 0.15) is 33.6 Å². The lowest BCUT2D eigenvalue weighted by Crippen LogP contribution is -2.23. The summed E-state index contributed by atoms with van der Waals surface area (Å²) in [5.41, 5.74) is 1.51. The second kappa shape index (κ2) is 6.67. The van der Waals surface area contributed by atoms with Gasteiger partial charge in [0, 0.05) is 17.8 Å². The Morgan fingerprint density at radius 2 is 2.35 bits per heavy atom. The summed E-state index contributed by atoms with van der Waals surface area (Å²) in [5, 5.41) is 6.68. The molecule has 0 saturated heterocycles. The maximum absolute atomic E-state index is 12.0. The van der Waals surface area contributed by atoms with Crippen molar-refractivity contribution in [1.82, 2.24) is 5.32 Å². The topological polar surface area (TPSA) is 67.4 Å². The van der Waals surface area contributed by atoms with E-state index in [0.717, 1.165) is 30.0 Å². The van der Waals surface area contributed by atoms with Crippen LogP contribution in [0.15, 0.2) is 12.7 Å². The highest BCUT2D eigenvalue weighted by Crippen LogP contribution is 2.35. The Morgan fingerprint density at radius 3 is 3.05 bits per heavy atom. The maximum Gasteiger partial charge on any atom is 0.341 e. The smallest absolute Gasteiger partial charge is 0.341 e. The van der Waals surface area contributed by atoms with Gasteiger partial charge in [0.1, 0.15) is 5.00 Å². The molecule has 1 aliphatic rings. The van der Waals surface area contributed by atoms with E-state index in [4.69, 9.17) is 4.74 Å². The molecule has 0 aromatic carbocycles.